The van der Waals surface area contributed by atoms with Gasteiger partial charge in [-0.25, -0.2) is 0 Å². The van der Waals surface area contributed by atoms with Crippen LogP contribution in [0.1, 0.15) is 19.3 Å². The topological polar surface area (TPSA) is 38.3 Å². The molecule has 1 aliphatic rings. The SMILES string of the molecule is COC(=O)CCC1CCN1.Cl. The molecule has 1 N–H and O–H groups in total. The first-order valence-electron chi connectivity index (χ1n) is 3.63. The molecule has 0 aliphatic carbocycles. The lowest BCUT2D eigenvalue weighted by molar-refractivity contribution is -0.140. The summed E-state index contributed by atoms with van der Waals surface area (Å²) in [5.74, 6) is -0.103. The highest BCUT2D eigenvalue weighted by molar-refractivity contribution is 5.85. The second-order valence-electron chi connectivity index (χ2n) is 2.55. The molecule has 0 saturated carbocycles. The molecule has 0 amide bonds. The third kappa shape index (κ3) is 3.58. The molecule has 1 heterocycles. The van der Waals surface area contributed by atoms with Crippen LogP contribution in [0.15, 0.2) is 0 Å². The molecule has 0 bridgehead atoms. The largest absolute Gasteiger partial charge is 0.469 e. The third-order valence-electron chi connectivity index (χ3n) is 1.85. The van der Waals surface area contributed by atoms with Crippen LogP contribution in [-0.2, 0) is 9.53 Å². The average Bonchev–Trinajstić information content (AvgIpc) is 1.84. The van der Waals surface area contributed by atoms with E-state index in [1.165, 1.54) is 13.5 Å². The van der Waals surface area contributed by atoms with Crippen molar-refractivity contribution >= 4 is 18.4 Å². The van der Waals surface area contributed by atoms with Crippen LogP contribution in [-0.4, -0.2) is 25.7 Å². The molecule has 1 aliphatic heterocycles. The van der Waals surface area contributed by atoms with Crippen molar-refractivity contribution in [3.63, 3.8) is 0 Å². The fraction of sp³-hybridized carbons (Fsp3) is 0.857. The molecule has 0 aromatic carbocycles. The van der Waals surface area contributed by atoms with Crippen molar-refractivity contribution in [1.82, 2.24) is 5.32 Å². The first-order chi connectivity index (χ1) is 4.83. The monoisotopic (exact) mass is 179 g/mol. The maximum absolute atomic E-state index is 10.6. The summed E-state index contributed by atoms with van der Waals surface area (Å²) in [5.41, 5.74) is 0. The van der Waals surface area contributed by atoms with E-state index in [1.54, 1.807) is 0 Å². The predicted octanol–water partition coefficient (Wildman–Crippen LogP) is 0.723. The Morgan fingerprint density at radius 1 is 1.73 bits per heavy atom. The van der Waals surface area contributed by atoms with Crippen LogP contribution in [0.2, 0.25) is 0 Å². The Kier molecular flexibility index (Phi) is 5.24. The zero-order chi connectivity index (χ0) is 7.40. The Bertz CT molecular complexity index is 126. The Hall–Kier alpha value is -0.280. The van der Waals surface area contributed by atoms with E-state index in [1.807, 2.05) is 0 Å². The van der Waals surface area contributed by atoms with Crippen LogP contribution in [0.25, 0.3) is 0 Å². The second-order valence-corrected chi connectivity index (χ2v) is 2.55. The van der Waals surface area contributed by atoms with Gasteiger partial charge >= 0.3 is 5.97 Å². The quantitative estimate of drug-likeness (QED) is 0.649. The molecule has 66 valence electrons. The molecule has 1 atom stereocenters. The van der Waals surface area contributed by atoms with E-state index in [2.05, 4.69) is 10.1 Å². The molecule has 3 nitrogen and oxygen atoms in total. The first-order valence-corrected chi connectivity index (χ1v) is 3.63. The van der Waals surface area contributed by atoms with Crippen LogP contribution < -0.4 is 5.32 Å². The third-order valence-corrected chi connectivity index (χ3v) is 1.85. The molecule has 1 saturated heterocycles. The predicted molar refractivity (Wildman–Crippen MR) is 44.9 cm³/mol. The first kappa shape index (κ1) is 10.7. The summed E-state index contributed by atoms with van der Waals surface area (Å²) in [4.78, 5) is 10.6. The van der Waals surface area contributed by atoms with Crippen LogP contribution in [0.4, 0.5) is 0 Å². The van der Waals surface area contributed by atoms with Gasteiger partial charge in [-0.2, -0.15) is 0 Å². The molecular weight excluding hydrogens is 166 g/mol. The number of esters is 1. The molecular formula is C7H14ClNO2. The number of hydrogen-bond donors (Lipinski definition) is 1. The number of ether oxygens (including phenoxy) is 1. The van der Waals surface area contributed by atoms with E-state index >= 15 is 0 Å². The lowest BCUT2D eigenvalue weighted by Crippen LogP contribution is -2.42. The molecule has 0 aromatic rings. The van der Waals surface area contributed by atoms with Crippen LogP contribution >= 0.6 is 12.4 Å². The molecule has 0 radical (unpaired) electrons. The van der Waals surface area contributed by atoms with Gasteiger partial charge in [-0.15, -0.1) is 12.4 Å². The molecule has 11 heavy (non-hydrogen) atoms. The summed E-state index contributed by atoms with van der Waals surface area (Å²) in [6, 6.07) is 0.569. The number of rotatable bonds is 3. The molecule has 1 fully saturated rings. The Labute approximate surface area is 72.9 Å². The van der Waals surface area contributed by atoms with E-state index in [-0.39, 0.29) is 18.4 Å². The minimum atomic E-state index is -0.103. The van der Waals surface area contributed by atoms with Crippen molar-refractivity contribution < 1.29 is 9.53 Å². The van der Waals surface area contributed by atoms with Crippen molar-refractivity contribution in [2.45, 2.75) is 25.3 Å². The van der Waals surface area contributed by atoms with Gasteiger partial charge in [0, 0.05) is 12.5 Å². The van der Waals surface area contributed by atoms with Crippen LogP contribution in [0.3, 0.4) is 0 Å². The van der Waals surface area contributed by atoms with Crippen LogP contribution in [0.5, 0.6) is 0 Å². The van der Waals surface area contributed by atoms with Gasteiger partial charge in [-0.3, -0.25) is 4.79 Å². The van der Waals surface area contributed by atoms with Crippen LogP contribution in [0, 0.1) is 0 Å². The van der Waals surface area contributed by atoms with Gasteiger partial charge in [0.15, 0.2) is 0 Å². The Balaban J connectivity index is 0.000001000. The number of hydrogen-bond acceptors (Lipinski definition) is 3. The molecule has 0 aromatic heterocycles. The number of halogens is 1. The minimum absolute atomic E-state index is 0. The fourth-order valence-electron chi connectivity index (χ4n) is 0.989. The van der Waals surface area contributed by atoms with Gasteiger partial charge in [-0.05, 0) is 19.4 Å². The van der Waals surface area contributed by atoms with E-state index in [4.69, 9.17) is 0 Å². The molecule has 0 spiro atoms. The zero-order valence-corrected chi connectivity index (χ0v) is 7.45. The number of methoxy groups -OCH3 is 1. The Morgan fingerprint density at radius 3 is 2.73 bits per heavy atom. The van der Waals surface area contributed by atoms with Gasteiger partial charge < -0.3 is 10.1 Å². The second kappa shape index (κ2) is 5.38. The summed E-state index contributed by atoms with van der Waals surface area (Å²) >= 11 is 0. The molecule has 4 heteroatoms. The number of nitrogens with one attached hydrogen (secondary N) is 1. The zero-order valence-electron chi connectivity index (χ0n) is 6.63. The normalized spacial score (nSPS) is 21.4. The lowest BCUT2D eigenvalue weighted by Gasteiger charge is -2.26. The van der Waals surface area contributed by atoms with Gasteiger partial charge in [0.05, 0.1) is 7.11 Å². The standard InChI is InChI=1S/C7H13NO2.ClH/c1-10-7(9)3-2-6-4-5-8-6;/h6,8H,2-5H2,1H3;1H. The summed E-state index contributed by atoms with van der Waals surface area (Å²) in [6.07, 6.45) is 2.68. The van der Waals surface area contributed by atoms with Crippen molar-refractivity contribution in [3.05, 3.63) is 0 Å². The maximum Gasteiger partial charge on any atom is 0.305 e. The van der Waals surface area contributed by atoms with Crippen molar-refractivity contribution in [1.29, 1.82) is 0 Å². The summed E-state index contributed by atoms with van der Waals surface area (Å²) in [5, 5.41) is 3.22. The smallest absolute Gasteiger partial charge is 0.305 e. The van der Waals surface area contributed by atoms with Crippen molar-refractivity contribution in [3.8, 4) is 0 Å². The number of carbonyl (C=O) groups excluding carboxylic acids is 1. The van der Waals surface area contributed by atoms with Gasteiger partial charge in [-0.1, -0.05) is 0 Å². The summed E-state index contributed by atoms with van der Waals surface area (Å²) in [7, 11) is 1.43. The highest BCUT2D eigenvalue weighted by Gasteiger charge is 2.16. The van der Waals surface area contributed by atoms with E-state index in [0.717, 1.165) is 13.0 Å². The highest BCUT2D eigenvalue weighted by Crippen LogP contribution is 2.08. The van der Waals surface area contributed by atoms with Gasteiger partial charge in [0.25, 0.3) is 0 Å². The van der Waals surface area contributed by atoms with E-state index in [0.29, 0.717) is 12.5 Å². The Morgan fingerprint density at radius 2 is 2.36 bits per heavy atom. The van der Waals surface area contributed by atoms with Crippen molar-refractivity contribution in [2.24, 2.45) is 0 Å². The summed E-state index contributed by atoms with van der Waals surface area (Å²) in [6.45, 7) is 1.10. The maximum atomic E-state index is 10.6. The van der Waals surface area contributed by atoms with E-state index < -0.39 is 0 Å². The van der Waals surface area contributed by atoms with Gasteiger partial charge in [0.2, 0.25) is 0 Å². The summed E-state index contributed by atoms with van der Waals surface area (Å²) < 4.78 is 4.50. The average molecular weight is 180 g/mol. The van der Waals surface area contributed by atoms with Gasteiger partial charge in [0.1, 0.15) is 0 Å². The van der Waals surface area contributed by atoms with E-state index in [9.17, 15) is 4.79 Å². The lowest BCUT2D eigenvalue weighted by atomic mass is 10.0. The minimum Gasteiger partial charge on any atom is -0.469 e. The highest BCUT2D eigenvalue weighted by atomic mass is 35.5. The number of carbonyl (C=O) groups is 1. The molecule has 1 rings (SSSR count). The molecule has 1 unspecified atom stereocenters. The fourth-order valence-corrected chi connectivity index (χ4v) is 0.989. The van der Waals surface area contributed by atoms with Crippen molar-refractivity contribution in [2.75, 3.05) is 13.7 Å².